The normalized spacial score (nSPS) is 12.0. The van der Waals surface area contributed by atoms with Crippen LogP contribution in [0.2, 0.25) is 5.02 Å². The molecule has 1 aliphatic heterocycles. The average Bonchev–Trinajstić information content (AvgIpc) is 3.44. The predicted molar refractivity (Wildman–Crippen MR) is 161 cm³/mol. The lowest BCUT2D eigenvalue weighted by Crippen LogP contribution is -2.45. The van der Waals surface area contributed by atoms with E-state index in [-0.39, 0.29) is 49.0 Å². The Morgan fingerprint density at radius 3 is 2.60 bits per heavy atom. The largest absolute Gasteiger partial charge is 0.464 e. The van der Waals surface area contributed by atoms with Gasteiger partial charge in [-0.25, -0.2) is 9.18 Å². The summed E-state index contributed by atoms with van der Waals surface area (Å²) in [4.78, 5) is 43.5. The zero-order chi connectivity index (χ0) is 30.5. The Balaban J connectivity index is 1.43. The minimum absolute atomic E-state index is 0.0817. The van der Waals surface area contributed by atoms with E-state index in [1.54, 1.807) is 30.3 Å². The molecule has 3 aromatic carbocycles. The Morgan fingerprint density at radius 1 is 1.00 bits per heavy atom. The molecule has 0 unspecified atom stereocenters. The minimum Gasteiger partial charge on any atom is -0.464 e. The van der Waals surface area contributed by atoms with Gasteiger partial charge in [-0.2, -0.15) is 0 Å². The van der Waals surface area contributed by atoms with Crippen LogP contribution in [0.5, 0.6) is 11.5 Å². The summed E-state index contributed by atoms with van der Waals surface area (Å²) >= 11 is 6.13. The molecule has 0 saturated carbocycles. The standard InChI is InChI=1S/C32H31ClFN3O6/c1-20(2)10-11-36(32(40)35-25-5-3-4-24(34)14-25)17-30(38)37(15-21-6-8-28-29(12-21)43-19-42-28)16-22-18-41-27-9-7-23(33)13-26(27)31(22)39/h3-9,12-14,18,20H,10-11,15-17,19H2,1-2H3,(H,35,40). The molecule has 0 saturated heterocycles. The molecule has 1 aromatic heterocycles. The van der Waals surface area contributed by atoms with Gasteiger partial charge in [0.15, 0.2) is 16.9 Å². The number of rotatable bonds is 10. The van der Waals surface area contributed by atoms with E-state index in [4.69, 9.17) is 25.5 Å². The number of amides is 3. The lowest BCUT2D eigenvalue weighted by Gasteiger charge is -2.28. The van der Waals surface area contributed by atoms with Crippen molar-refractivity contribution in [3.8, 4) is 11.5 Å². The predicted octanol–water partition coefficient (Wildman–Crippen LogP) is 6.42. The summed E-state index contributed by atoms with van der Waals surface area (Å²) in [5.41, 5.74) is 1.33. The molecule has 43 heavy (non-hydrogen) atoms. The van der Waals surface area contributed by atoms with Crippen molar-refractivity contribution in [2.75, 3.05) is 25.2 Å². The molecule has 11 heteroatoms. The number of anilines is 1. The van der Waals surface area contributed by atoms with E-state index in [0.29, 0.717) is 40.5 Å². The second-order valence-corrected chi connectivity index (χ2v) is 11.1. The molecule has 0 spiro atoms. The molecule has 2 heterocycles. The molecule has 0 bridgehead atoms. The lowest BCUT2D eigenvalue weighted by molar-refractivity contribution is -0.133. The molecule has 0 aliphatic carbocycles. The van der Waals surface area contributed by atoms with Crippen LogP contribution < -0.4 is 20.2 Å². The van der Waals surface area contributed by atoms with Gasteiger partial charge in [-0.15, -0.1) is 0 Å². The third-order valence-corrected chi connectivity index (χ3v) is 7.23. The number of hydrogen-bond acceptors (Lipinski definition) is 6. The third kappa shape index (κ3) is 7.45. The van der Waals surface area contributed by atoms with E-state index in [1.165, 1.54) is 40.3 Å². The first-order valence-electron chi connectivity index (χ1n) is 13.8. The Labute approximate surface area is 252 Å². The molecule has 4 aromatic rings. The SMILES string of the molecule is CC(C)CCN(CC(=O)N(Cc1ccc2c(c1)OCO2)Cc1coc2ccc(Cl)cc2c1=O)C(=O)Nc1cccc(F)c1. The topological polar surface area (TPSA) is 101 Å². The van der Waals surface area contributed by atoms with Crippen molar-refractivity contribution in [2.24, 2.45) is 5.92 Å². The first kappa shape index (κ1) is 29.9. The Bertz CT molecular complexity index is 1710. The monoisotopic (exact) mass is 607 g/mol. The summed E-state index contributed by atoms with van der Waals surface area (Å²) in [6.07, 6.45) is 1.98. The molecular weight excluding hydrogens is 577 g/mol. The molecular formula is C32H31ClFN3O6. The van der Waals surface area contributed by atoms with Gasteiger partial charge in [-0.1, -0.05) is 37.6 Å². The Kier molecular flexibility index (Phi) is 9.16. The summed E-state index contributed by atoms with van der Waals surface area (Å²) in [6, 6.07) is 15.1. The number of ether oxygens (including phenoxy) is 2. The van der Waals surface area contributed by atoms with Crippen molar-refractivity contribution in [3.05, 3.63) is 99.1 Å². The third-order valence-electron chi connectivity index (χ3n) is 7.00. The summed E-state index contributed by atoms with van der Waals surface area (Å²) in [6.45, 7) is 4.19. The fourth-order valence-corrected chi connectivity index (χ4v) is 4.82. The second kappa shape index (κ2) is 13.2. The van der Waals surface area contributed by atoms with Gasteiger partial charge in [0, 0.05) is 23.8 Å². The molecule has 5 rings (SSSR count). The van der Waals surface area contributed by atoms with E-state index < -0.39 is 17.8 Å². The van der Waals surface area contributed by atoms with Crippen LogP contribution >= 0.6 is 11.6 Å². The van der Waals surface area contributed by atoms with Gasteiger partial charge in [0.05, 0.1) is 23.8 Å². The fourth-order valence-electron chi connectivity index (χ4n) is 4.65. The Hall–Kier alpha value is -4.57. The van der Waals surface area contributed by atoms with E-state index >= 15 is 0 Å². The van der Waals surface area contributed by atoms with Gasteiger partial charge in [0.1, 0.15) is 17.9 Å². The number of hydrogen-bond donors (Lipinski definition) is 1. The maximum absolute atomic E-state index is 13.9. The van der Waals surface area contributed by atoms with Gasteiger partial charge < -0.3 is 29.0 Å². The van der Waals surface area contributed by atoms with E-state index in [2.05, 4.69) is 5.32 Å². The minimum atomic E-state index is -0.539. The number of nitrogens with one attached hydrogen (secondary N) is 1. The van der Waals surface area contributed by atoms with Crippen molar-refractivity contribution < 1.29 is 27.9 Å². The highest BCUT2D eigenvalue weighted by Gasteiger charge is 2.24. The summed E-state index contributed by atoms with van der Waals surface area (Å²) < 4.78 is 30.4. The average molecular weight is 608 g/mol. The fraction of sp³-hybridized carbons (Fsp3) is 0.281. The van der Waals surface area contributed by atoms with Crippen LogP contribution in [0.1, 0.15) is 31.4 Å². The van der Waals surface area contributed by atoms with Crippen LogP contribution in [0.25, 0.3) is 11.0 Å². The number of carbonyl (C=O) groups excluding carboxylic acids is 2. The molecule has 3 amide bonds. The van der Waals surface area contributed by atoms with Crippen molar-refractivity contribution in [2.45, 2.75) is 33.4 Å². The molecule has 9 nitrogen and oxygen atoms in total. The first-order chi connectivity index (χ1) is 20.7. The second-order valence-electron chi connectivity index (χ2n) is 10.7. The number of benzene rings is 3. The van der Waals surface area contributed by atoms with E-state index in [1.807, 2.05) is 19.9 Å². The van der Waals surface area contributed by atoms with Crippen LogP contribution in [0, 0.1) is 11.7 Å². The number of nitrogens with zero attached hydrogens (tertiary/aromatic N) is 2. The van der Waals surface area contributed by atoms with Gasteiger partial charge in [-0.3, -0.25) is 9.59 Å². The van der Waals surface area contributed by atoms with Gasteiger partial charge in [0.25, 0.3) is 0 Å². The molecule has 1 aliphatic rings. The summed E-state index contributed by atoms with van der Waals surface area (Å²) in [5, 5.41) is 3.37. The summed E-state index contributed by atoms with van der Waals surface area (Å²) in [7, 11) is 0. The van der Waals surface area contributed by atoms with Crippen LogP contribution in [0.4, 0.5) is 14.9 Å². The van der Waals surface area contributed by atoms with Crippen molar-refractivity contribution >= 4 is 40.2 Å². The lowest BCUT2D eigenvalue weighted by atomic mass is 10.1. The number of halogens is 2. The van der Waals surface area contributed by atoms with Gasteiger partial charge in [-0.05, 0) is 66.4 Å². The quantitative estimate of drug-likeness (QED) is 0.223. The number of urea groups is 1. The van der Waals surface area contributed by atoms with Crippen LogP contribution in [0.3, 0.4) is 0 Å². The molecule has 0 atom stereocenters. The van der Waals surface area contributed by atoms with Crippen molar-refractivity contribution in [3.63, 3.8) is 0 Å². The zero-order valence-corrected chi connectivity index (χ0v) is 24.5. The molecule has 1 N–H and O–H groups in total. The van der Waals surface area contributed by atoms with Gasteiger partial charge in [0.2, 0.25) is 12.7 Å². The van der Waals surface area contributed by atoms with Crippen molar-refractivity contribution in [1.29, 1.82) is 0 Å². The number of carbonyl (C=O) groups is 2. The molecule has 224 valence electrons. The highest BCUT2D eigenvalue weighted by Crippen LogP contribution is 2.33. The highest BCUT2D eigenvalue weighted by atomic mass is 35.5. The maximum Gasteiger partial charge on any atom is 0.322 e. The van der Waals surface area contributed by atoms with Crippen LogP contribution in [0.15, 0.2) is 76.1 Å². The highest BCUT2D eigenvalue weighted by molar-refractivity contribution is 6.31. The smallest absolute Gasteiger partial charge is 0.322 e. The van der Waals surface area contributed by atoms with Crippen molar-refractivity contribution in [1.82, 2.24) is 9.80 Å². The number of fused-ring (bicyclic) bond motifs is 2. The van der Waals surface area contributed by atoms with Crippen LogP contribution in [-0.4, -0.2) is 41.6 Å². The molecule has 0 fully saturated rings. The first-order valence-corrected chi connectivity index (χ1v) is 14.2. The van der Waals surface area contributed by atoms with E-state index in [9.17, 15) is 18.8 Å². The maximum atomic E-state index is 13.9. The Morgan fingerprint density at radius 2 is 1.81 bits per heavy atom. The molecule has 0 radical (unpaired) electrons. The van der Waals surface area contributed by atoms with Gasteiger partial charge >= 0.3 is 6.03 Å². The van der Waals surface area contributed by atoms with E-state index in [0.717, 1.165) is 5.56 Å². The zero-order valence-electron chi connectivity index (χ0n) is 23.8. The van der Waals surface area contributed by atoms with Crippen LogP contribution in [-0.2, 0) is 17.9 Å². The summed E-state index contributed by atoms with van der Waals surface area (Å²) in [5.74, 6) is 0.521.